The van der Waals surface area contributed by atoms with E-state index in [0.29, 0.717) is 11.3 Å². The van der Waals surface area contributed by atoms with Crippen LogP contribution < -0.4 is 4.74 Å². The van der Waals surface area contributed by atoms with Crippen LogP contribution in [0.3, 0.4) is 0 Å². The highest BCUT2D eigenvalue weighted by Gasteiger charge is 2.19. The Hall–Kier alpha value is -1.09. The van der Waals surface area contributed by atoms with Crippen LogP contribution in [0.4, 0.5) is 4.39 Å². The molecular weight excluding hydrogens is 171 g/mol. The van der Waals surface area contributed by atoms with Gasteiger partial charge in [0.1, 0.15) is 5.75 Å². The maximum absolute atomic E-state index is 13.4. The van der Waals surface area contributed by atoms with Crippen LogP contribution in [0.15, 0.2) is 24.3 Å². The number of ether oxygens (including phenoxy) is 1. The van der Waals surface area contributed by atoms with Gasteiger partial charge < -0.3 is 9.84 Å². The van der Waals surface area contributed by atoms with Gasteiger partial charge in [-0.1, -0.05) is 18.2 Å². The number of benzene rings is 1. The summed E-state index contributed by atoms with van der Waals surface area (Å²) in [6.07, 6.45) is -2.41. The van der Waals surface area contributed by atoms with Gasteiger partial charge in [0.25, 0.3) is 0 Å². The second-order valence-electron chi connectivity index (χ2n) is 2.88. The minimum Gasteiger partial charge on any atom is -0.496 e. The average Bonchev–Trinajstić information content (AvgIpc) is 2.16. The fraction of sp³-hybridized carbons (Fsp3) is 0.400. The first-order chi connectivity index (χ1) is 6.16. The predicted molar refractivity (Wildman–Crippen MR) is 48.5 cm³/mol. The molecule has 72 valence electrons. The zero-order valence-corrected chi connectivity index (χ0v) is 7.70. The molecule has 1 aromatic rings. The van der Waals surface area contributed by atoms with Gasteiger partial charge in [0.15, 0.2) is 6.17 Å². The van der Waals surface area contributed by atoms with E-state index in [-0.39, 0.29) is 0 Å². The molecule has 0 amide bonds. The number of alkyl halides is 1. The van der Waals surface area contributed by atoms with Crippen LogP contribution >= 0.6 is 0 Å². The van der Waals surface area contributed by atoms with E-state index in [2.05, 4.69) is 0 Å². The van der Waals surface area contributed by atoms with Crippen molar-refractivity contribution in [3.8, 4) is 5.75 Å². The van der Waals surface area contributed by atoms with E-state index in [4.69, 9.17) is 9.84 Å². The molecule has 0 saturated heterocycles. The minimum atomic E-state index is -1.39. The predicted octanol–water partition coefficient (Wildman–Crippen LogP) is 2.09. The van der Waals surface area contributed by atoms with Gasteiger partial charge in [-0.15, -0.1) is 0 Å². The lowest BCUT2D eigenvalue weighted by atomic mass is 10.1. The van der Waals surface area contributed by atoms with Crippen molar-refractivity contribution in [3.63, 3.8) is 0 Å². The Balaban J connectivity index is 2.98. The van der Waals surface area contributed by atoms with Crippen LogP contribution in [-0.2, 0) is 0 Å². The standard InChI is InChI=1S/C10H13FO2/c1-7(12)10(11)8-5-3-4-6-9(8)13-2/h3-7,10,12H,1-2H3. The van der Waals surface area contributed by atoms with Gasteiger partial charge in [0.2, 0.25) is 0 Å². The summed E-state index contributed by atoms with van der Waals surface area (Å²) in [5.74, 6) is 0.468. The molecule has 13 heavy (non-hydrogen) atoms. The molecular formula is C10H13FO2. The Kier molecular flexibility index (Phi) is 3.25. The van der Waals surface area contributed by atoms with Crippen LogP contribution in [0.5, 0.6) is 5.75 Å². The SMILES string of the molecule is COc1ccccc1C(F)C(C)O. The summed E-state index contributed by atoms with van der Waals surface area (Å²) in [5.41, 5.74) is 0.389. The summed E-state index contributed by atoms with van der Waals surface area (Å²) >= 11 is 0. The van der Waals surface area contributed by atoms with Crippen molar-refractivity contribution in [2.45, 2.75) is 19.2 Å². The van der Waals surface area contributed by atoms with Crippen molar-refractivity contribution < 1.29 is 14.2 Å². The monoisotopic (exact) mass is 184 g/mol. The number of aliphatic hydroxyl groups excluding tert-OH is 1. The summed E-state index contributed by atoms with van der Waals surface area (Å²) in [5, 5.41) is 9.06. The van der Waals surface area contributed by atoms with Crippen molar-refractivity contribution in [2.24, 2.45) is 0 Å². The molecule has 0 saturated carbocycles. The fourth-order valence-corrected chi connectivity index (χ4v) is 1.15. The quantitative estimate of drug-likeness (QED) is 0.779. The van der Waals surface area contributed by atoms with Gasteiger partial charge in [-0.25, -0.2) is 4.39 Å². The highest BCUT2D eigenvalue weighted by atomic mass is 19.1. The number of methoxy groups -OCH3 is 1. The van der Waals surface area contributed by atoms with Crippen LogP contribution in [0.1, 0.15) is 18.7 Å². The molecule has 0 heterocycles. The molecule has 2 unspecified atom stereocenters. The summed E-state index contributed by atoms with van der Waals surface area (Å²) < 4.78 is 18.3. The van der Waals surface area contributed by atoms with Crippen molar-refractivity contribution in [3.05, 3.63) is 29.8 Å². The Morgan fingerprint density at radius 3 is 2.54 bits per heavy atom. The molecule has 2 atom stereocenters. The number of hydrogen-bond acceptors (Lipinski definition) is 2. The third kappa shape index (κ3) is 2.18. The summed E-state index contributed by atoms with van der Waals surface area (Å²) in [7, 11) is 1.48. The van der Waals surface area contributed by atoms with E-state index in [1.54, 1.807) is 24.3 Å². The van der Waals surface area contributed by atoms with Gasteiger partial charge in [-0.2, -0.15) is 0 Å². The molecule has 0 bridgehead atoms. The molecule has 1 N–H and O–H groups in total. The molecule has 0 aliphatic carbocycles. The maximum atomic E-state index is 13.4. The largest absolute Gasteiger partial charge is 0.496 e. The van der Waals surface area contributed by atoms with Gasteiger partial charge in [0, 0.05) is 5.56 Å². The van der Waals surface area contributed by atoms with Crippen LogP contribution in [0, 0.1) is 0 Å². The Morgan fingerprint density at radius 2 is 2.00 bits per heavy atom. The lowest BCUT2D eigenvalue weighted by molar-refractivity contribution is 0.0916. The van der Waals surface area contributed by atoms with E-state index in [1.165, 1.54) is 14.0 Å². The van der Waals surface area contributed by atoms with E-state index in [9.17, 15) is 4.39 Å². The van der Waals surface area contributed by atoms with E-state index in [0.717, 1.165) is 0 Å². The number of rotatable bonds is 3. The second kappa shape index (κ2) is 4.23. The zero-order chi connectivity index (χ0) is 9.84. The zero-order valence-electron chi connectivity index (χ0n) is 7.70. The Morgan fingerprint density at radius 1 is 1.38 bits per heavy atom. The van der Waals surface area contributed by atoms with Gasteiger partial charge in [-0.05, 0) is 13.0 Å². The molecule has 0 aromatic heterocycles. The lowest BCUT2D eigenvalue weighted by Gasteiger charge is -2.14. The average molecular weight is 184 g/mol. The van der Waals surface area contributed by atoms with Gasteiger partial charge >= 0.3 is 0 Å². The minimum absolute atomic E-state index is 0.389. The van der Waals surface area contributed by atoms with Gasteiger partial charge in [-0.3, -0.25) is 0 Å². The molecule has 2 nitrogen and oxygen atoms in total. The maximum Gasteiger partial charge on any atom is 0.154 e. The Labute approximate surface area is 77.0 Å². The highest BCUT2D eigenvalue weighted by Crippen LogP contribution is 2.29. The van der Waals surface area contributed by atoms with Gasteiger partial charge in [0.05, 0.1) is 13.2 Å². The summed E-state index contributed by atoms with van der Waals surface area (Å²) in [6.45, 7) is 1.41. The molecule has 3 heteroatoms. The van der Waals surface area contributed by atoms with Crippen molar-refractivity contribution in [1.82, 2.24) is 0 Å². The molecule has 0 aliphatic rings. The fourth-order valence-electron chi connectivity index (χ4n) is 1.15. The molecule has 1 aromatic carbocycles. The first kappa shape index (κ1) is 9.99. The number of para-hydroxylation sites is 1. The molecule has 0 aliphatic heterocycles. The summed E-state index contributed by atoms with van der Waals surface area (Å²) in [6, 6.07) is 6.75. The first-order valence-corrected chi connectivity index (χ1v) is 4.12. The molecule has 0 spiro atoms. The normalized spacial score (nSPS) is 15.1. The van der Waals surface area contributed by atoms with E-state index in [1.807, 2.05) is 0 Å². The molecule has 0 fully saturated rings. The van der Waals surface area contributed by atoms with Crippen LogP contribution in [0.2, 0.25) is 0 Å². The lowest BCUT2D eigenvalue weighted by Crippen LogP contribution is -2.10. The van der Waals surface area contributed by atoms with Crippen LogP contribution in [-0.4, -0.2) is 18.3 Å². The van der Waals surface area contributed by atoms with Crippen molar-refractivity contribution in [2.75, 3.05) is 7.11 Å². The second-order valence-corrected chi connectivity index (χ2v) is 2.88. The molecule has 0 radical (unpaired) electrons. The van der Waals surface area contributed by atoms with Crippen LogP contribution in [0.25, 0.3) is 0 Å². The number of halogens is 1. The number of aliphatic hydroxyl groups is 1. The van der Waals surface area contributed by atoms with E-state index >= 15 is 0 Å². The Bertz CT molecular complexity index is 273. The topological polar surface area (TPSA) is 29.5 Å². The third-order valence-corrected chi connectivity index (χ3v) is 1.86. The molecule has 1 rings (SSSR count). The smallest absolute Gasteiger partial charge is 0.154 e. The van der Waals surface area contributed by atoms with E-state index < -0.39 is 12.3 Å². The number of hydrogen-bond donors (Lipinski definition) is 1. The first-order valence-electron chi connectivity index (χ1n) is 4.12. The highest BCUT2D eigenvalue weighted by molar-refractivity contribution is 5.35. The third-order valence-electron chi connectivity index (χ3n) is 1.86. The summed E-state index contributed by atoms with van der Waals surface area (Å²) in [4.78, 5) is 0. The van der Waals surface area contributed by atoms with Crippen molar-refractivity contribution >= 4 is 0 Å². The van der Waals surface area contributed by atoms with Crippen molar-refractivity contribution in [1.29, 1.82) is 0 Å².